The van der Waals surface area contributed by atoms with Gasteiger partial charge in [0.1, 0.15) is 5.75 Å². The van der Waals surface area contributed by atoms with E-state index < -0.39 is 5.91 Å². The summed E-state index contributed by atoms with van der Waals surface area (Å²) in [5.41, 5.74) is 8.47. The molecule has 0 aliphatic carbocycles. The van der Waals surface area contributed by atoms with Gasteiger partial charge in [-0.3, -0.25) is 4.79 Å². The van der Waals surface area contributed by atoms with Crippen LogP contribution in [0.1, 0.15) is 15.9 Å². The highest BCUT2D eigenvalue weighted by Gasteiger charge is 2.07. The fourth-order valence-electron chi connectivity index (χ4n) is 1.80. The molecule has 0 heterocycles. The molecule has 0 fully saturated rings. The lowest BCUT2D eigenvalue weighted by Gasteiger charge is -2.13. The van der Waals surface area contributed by atoms with Gasteiger partial charge in [-0.15, -0.1) is 0 Å². The monoisotopic (exact) mass is 256 g/mol. The predicted molar refractivity (Wildman–Crippen MR) is 76.0 cm³/mol. The first kappa shape index (κ1) is 13.0. The van der Waals surface area contributed by atoms with Crippen molar-refractivity contribution in [2.75, 3.05) is 12.4 Å². The van der Waals surface area contributed by atoms with E-state index in [9.17, 15) is 4.79 Å². The predicted octanol–water partition coefficient (Wildman–Crippen LogP) is 2.85. The van der Waals surface area contributed by atoms with E-state index in [0.717, 1.165) is 22.7 Å². The maximum Gasteiger partial charge on any atom is 0.248 e. The molecule has 0 bridgehead atoms. The van der Waals surface area contributed by atoms with Crippen molar-refractivity contribution in [3.8, 4) is 5.75 Å². The zero-order valence-corrected chi connectivity index (χ0v) is 10.9. The second-order valence-corrected chi connectivity index (χ2v) is 4.22. The largest absolute Gasteiger partial charge is 0.495 e. The fourth-order valence-corrected chi connectivity index (χ4v) is 1.80. The molecular weight excluding hydrogens is 240 g/mol. The summed E-state index contributed by atoms with van der Waals surface area (Å²) >= 11 is 0. The van der Waals surface area contributed by atoms with E-state index in [1.165, 1.54) is 0 Å². The zero-order chi connectivity index (χ0) is 13.8. The van der Waals surface area contributed by atoms with Crippen LogP contribution in [0, 0.1) is 6.92 Å². The van der Waals surface area contributed by atoms with E-state index in [-0.39, 0.29) is 0 Å². The second-order valence-electron chi connectivity index (χ2n) is 4.22. The van der Waals surface area contributed by atoms with E-state index in [1.54, 1.807) is 19.2 Å². The summed E-state index contributed by atoms with van der Waals surface area (Å²) in [5.74, 6) is 0.300. The molecule has 0 unspecified atom stereocenters. The van der Waals surface area contributed by atoms with E-state index in [0.29, 0.717) is 5.56 Å². The van der Waals surface area contributed by atoms with Gasteiger partial charge in [0.05, 0.1) is 12.8 Å². The van der Waals surface area contributed by atoms with Gasteiger partial charge in [-0.2, -0.15) is 0 Å². The molecule has 98 valence electrons. The summed E-state index contributed by atoms with van der Waals surface area (Å²) in [4.78, 5) is 11.2. The van der Waals surface area contributed by atoms with Crippen LogP contribution in [-0.4, -0.2) is 13.0 Å². The average Bonchev–Trinajstić information content (AvgIpc) is 2.41. The molecule has 0 atom stereocenters. The first-order valence-electron chi connectivity index (χ1n) is 5.92. The number of methoxy groups -OCH3 is 1. The van der Waals surface area contributed by atoms with Gasteiger partial charge in [-0.25, -0.2) is 0 Å². The zero-order valence-electron chi connectivity index (χ0n) is 10.9. The minimum atomic E-state index is -0.442. The van der Waals surface area contributed by atoms with Crippen molar-refractivity contribution in [3.63, 3.8) is 0 Å². The minimum absolute atomic E-state index is 0.442. The molecule has 0 aromatic heterocycles. The number of anilines is 2. The van der Waals surface area contributed by atoms with Gasteiger partial charge in [0.2, 0.25) is 5.91 Å². The van der Waals surface area contributed by atoms with Crippen LogP contribution in [0.3, 0.4) is 0 Å². The lowest BCUT2D eigenvalue weighted by molar-refractivity contribution is 0.100. The molecule has 2 rings (SSSR count). The maximum atomic E-state index is 11.2. The lowest BCUT2D eigenvalue weighted by atomic mass is 10.1. The SMILES string of the molecule is COc1ccccc1Nc1cc(C(N)=O)ccc1C. The Morgan fingerprint density at radius 3 is 2.58 bits per heavy atom. The quantitative estimate of drug-likeness (QED) is 0.884. The van der Waals surface area contributed by atoms with Gasteiger partial charge in [-0.1, -0.05) is 18.2 Å². The molecule has 4 nitrogen and oxygen atoms in total. The Balaban J connectivity index is 2.37. The van der Waals surface area contributed by atoms with Crippen LogP contribution in [0.15, 0.2) is 42.5 Å². The van der Waals surface area contributed by atoms with Crippen molar-refractivity contribution in [3.05, 3.63) is 53.6 Å². The molecule has 0 saturated carbocycles. The summed E-state index contributed by atoms with van der Waals surface area (Å²) in [6.45, 7) is 1.96. The van der Waals surface area contributed by atoms with Crippen molar-refractivity contribution in [2.24, 2.45) is 5.73 Å². The topological polar surface area (TPSA) is 64.3 Å². The Morgan fingerprint density at radius 1 is 1.16 bits per heavy atom. The van der Waals surface area contributed by atoms with Gasteiger partial charge in [0.25, 0.3) is 0 Å². The summed E-state index contributed by atoms with van der Waals surface area (Å²) in [7, 11) is 1.62. The first-order chi connectivity index (χ1) is 9.11. The van der Waals surface area contributed by atoms with Crippen LogP contribution in [-0.2, 0) is 0 Å². The molecule has 0 spiro atoms. The normalized spacial score (nSPS) is 10.0. The molecule has 2 aromatic rings. The fraction of sp³-hybridized carbons (Fsp3) is 0.133. The first-order valence-corrected chi connectivity index (χ1v) is 5.92. The van der Waals surface area contributed by atoms with Crippen molar-refractivity contribution in [2.45, 2.75) is 6.92 Å². The van der Waals surface area contributed by atoms with Crippen molar-refractivity contribution >= 4 is 17.3 Å². The molecule has 2 aromatic carbocycles. The highest BCUT2D eigenvalue weighted by atomic mass is 16.5. The smallest absolute Gasteiger partial charge is 0.248 e. The molecule has 0 radical (unpaired) electrons. The van der Waals surface area contributed by atoms with Crippen molar-refractivity contribution < 1.29 is 9.53 Å². The number of carbonyl (C=O) groups excluding carboxylic acids is 1. The average molecular weight is 256 g/mol. The van der Waals surface area contributed by atoms with E-state index >= 15 is 0 Å². The number of nitrogens with two attached hydrogens (primary N) is 1. The number of hydrogen-bond donors (Lipinski definition) is 2. The van der Waals surface area contributed by atoms with Crippen LogP contribution in [0.25, 0.3) is 0 Å². The van der Waals surface area contributed by atoms with E-state index in [1.807, 2.05) is 37.3 Å². The Kier molecular flexibility index (Phi) is 3.71. The highest BCUT2D eigenvalue weighted by Crippen LogP contribution is 2.28. The molecule has 4 heteroatoms. The third-order valence-corrected chi connectivity index (χ3v) is 2.90. The van der Waals surface area contributed by atoms with Gasteiger partial charge >= 0.3 is 0 Å². The van der Waals surface area contributed by atoms with Crippen LogP contribution >= 0.6 is 0 Å². The standard InChI is InChI=1S/C15H16N2O2/c1-10-7-8-11(15(16)18)9-13(10)17-12-5-3-4-6-14(12)19-2/h3-9,17H,1-2H3,(H2,16,18). The number of aryl methyl sites for hydroxylation is 1. The lowest BCUT2D eigenvalue weighted by Crippen LogP contribution is -2.11. The van der Waals surface area contributed by atoms with Crippen LogP contribution < -0.4 is 15.8 Å². The molecule has 0 aliphatic rings. The number of carbonyl (C=O) groups is 1. The summed E-state index contributed by atoms with van der Waals surface area (Å²) in [6.07, 6.45) is 0. The van der Waals surface area contributed by atoms with Gasteiger partial charge in [0, 0.05) is 11.3 Å². The Bertz CT molecular complexity index is 609. The van der Waals surface area contributed by atoms with Crippen LogP contribution in [0.4, 0.5) is 11.4 Å². The number of para-hydroxylation sites is 2. The molecule has 0 saturated heterocycles. The number of nitrogens with one attached hydrogen (secondary N) is 1. The number of hydrogen-bond acceptors (Lipinski definition) is 3. The van der Waals surface area contributed by atoms with Crippen molar-refractivity contribution in [1.29, 1.82) is 0 Å². The summed E-state index contributed by atoms with van der Waals surface area (Å²) in [6, 6.07) is 12.9. The Hall–Kier alpha value is -2.49. The molecule has 1 amide bonds. The second kappa shape index (κ2) is 5.44. The van der Waals surface area contributed by atoms with Gasteiger partial charge in [-0.05, 0) is 36.8 Å². The number of benzene rings is 2. The third-order valence-electron chi connectivity index (χ3n) is 2.90. The van der Waals surface area contributed by atoms with Gasteiger partial charge in [0.15, 0.2) is 0 Å². The number of amides is 1. The number of primary amides is 1. The Morgan fingerprint density at radius 2 is 1.89 bits per heavy atom. The number of rotatable bonds is 4. The highest BCUT2D eigenvalue weighted by molar-refractivity contribution is 5.94. The van der Waals surface area contributed by atoms with Crippen LogP contribution in [0.5, 0.6) is 5.75 Å². The number of ether oxygens (including phenoxy) is 1. The molecular formula is C15H16N2O2. The van der Waals surface area contributed by atoms with E-state index in [2.05, 4.69) is 5.32 Å². The minimum Gasteiger partial charge on any atom is -0.495 e. The maximum absolute atomic E-state index is 11.2. The van der Waals surface area contributed by atoms with E-state index in [4.69, 9.17) is 10.5 Å². The van der Waals surface area contributed by atoms with Crippen LogP contribution in [0.2, 0.25) is 0 Å². The summed E-state index contributed by atoms with van der Waals surface area (Å²) < 4.78 is 5.28. The van der Waals surface area contributed by atoms with Gasteiger partial charge < -0.3 is 15.8 Å². The molecule has 3 N–H and O–H groups in total. The third kappa shape index (κ3) is 2.85. The van der Waals surface area contributed by atoms with Crippen molar-refractivity contribution in [1.82, 2.24) is 0 Å². The molecule has 0 aliphatic heterocycles. The molecule has 19 heavy (non-hydrogen) atoms. The Labute approximate surface area is 112 Å². The summed E-state index contributed by atoms with van der Waals surface area (Å²) in [5, 5.41) is 3.25.